The first kappa shape index (κ1) is 13.9. The molecule has 1 aliphatic heterocycles. The SMILES string of the molecule is Fc1ccc(F)c(C[NH+]2CCN(c3ncccn3)CC2)c1. The molecule has 2 aromatic rings. The van der Waals surface area contributed by atoms with Crippen molar-refractivity contribution in [3.63, 3.8) is 0 Å². The largest absolute Gasteiger partial charge is 0.330 e. The van der Waals surface area contributed by atoms with Crippen LogP contribution in [0.25, 0.3) is 0 Å². The average molecular weight is 291 g/mol. The molecule has 2 heterocycles. The topological polar surface area (TPSA) is 33.5 Å². The third kappa shape index (κ3) is 3.33. The lowest BCUT2D eigenvalue weighted by molar-refractivity contribution is -0.914. The Bertz CT molecular complexity index is 598. The predicted molar refractivity (Wildman–Crippen MR) is 75.0 cm³/mol. The number of hydrogen-bond donors (Lipinski definition) is 1. The van der Waals surface area contributed by atoms with Crippen LogP contribution in [-0.4, -0.2) is 36.1 Å². The lowest BCUT2D eigenvalue weighted by Crippen LogP contribution is -3.13. The van der Waals surface area contributed by atoms with Crippen LogP contribution in [0.5, 0.6) is 0 Å². The molecule has 0 aliphatic carbocycles. The van der Waals surface area contributed by atoms with E-state index >= 15 is 0 Å². The fraction of sp³-hybridized carbons (Fsp3) is 0.333. The first-order valence-electron chi connectivity index (χ1n) is 7.02. The molecule has 0 unspecified atom stereocenters. The monoisotopic (exact) mass is 291 g/mol. The summed E-state index contributed by atoms with van der Waals surface area (Å²) in [7, 11) is 0. The van der Waals surface area contributed by atoms with E-state index in [9.17, 15) is 8.78 Å². The number of nitrogens with zero attached hydrogens (tertiary/aromatic N) is 3. The van der Waals surface area contributed by atoms with Gasteiger partial charge in [0.25, 0.3) is 0 Å². The summed E-state index contributed by atoms with van der Waals surface area (Å²) >= 11 is 0. The molecular weight excluding hydrogens is 274 g/mol. The fourth-order valence-electron chi connectivity index (χ4n) is 2.60. The van der Waals surface area contributed by atoms with E-state index < -0.39 is 0 Å². The Hall–Kier alpha value is -2.08. The van der Waals surface area contributed by atoms with Crippen molar-refractivity contribution >= 4 is 5.95 Å². The van der Waals surface area contributed by atoms with Crippen LogP contribution < -0.4 is 9.80 Å². The van der Waals surface area contributed by atoms with Crippen LogP contribution in [-0.2, 0) is 6.54 Å². The summed E-state index contributed by atoms with van der Waals surface area (Å²) in [5.41, 5.74) is 0.439. The molecule has 4 nitrogen and oxygen atoms in total. The fourth-order valence-corrected chi connectivity index (χ4v) is 2.60. The average Bonchev–Trinajstić information content (AvgIpc) is 2.53. The first-order chi connectivity index (χ1) is 10.2. The van der Waals surface area contributed by atoms with Gasteiger partial charge in [-0.05, 0) is 24.3 Å². The van der Waals surface area contributed by atoms with E-state index in [1.54, 1.807) is 18.5 Å². The number of halogens is 2. The zero-order valence-corrected chi connectivity index (χ0v) is 11.6. The second-order valence-electron chi connectivity index (χ2n) is 5.20. The number of rotatable bonds is 3. The van der Waals surface area contributed by atoms with Gasteiger partial charge in [0.05, 0.1) is 26.2 Å². The molecule has 6 heteroatoms. The maximum absolute atomic E-state index is 13.7. The Morgan fingerprint density at radius 2 is 1.81 bits per heavy atom. The van der Waals surface area contributed by atoms with E-state index in [-0.39, 0.29) is 11.6 Å². The van der Waals surface area contributed by atoms with E-state index in [4.69, 9.17) is 0 Å². The minimum Gasteiger partial charge on any atom is -0.330 e. The number of quaternary nitrogens is 1. The van der Waals surface area contributed by atoms with Crippen molar-refractivity contribution in [2.45, 2.75) is 6.54 Å². The van der Waals surface area contributed by atoms with Crippen LogP contribution in [0.4, 0.5) is 14.7 Å². The van der Waals surface area contributed by atoms with Crippen LogP contribution in [0.2, 0.25) is 0 Å². The Labute approximate surface area is 122 Å². The molecule has 1 aromatic heterocycles. The van der Waals surface area contributed by atoms with Crippen LogP contribution in [0.15, 0.2) is 36.7 Å². The van der Waals surface area contributed by atoms with Crippen molar-refractivity contribution in [3.05, 3.63) is 53.9 Å². The van der Waals surface area contributed by atoms with Crippen LogP contribution in [0.3, 0.4) is 0 Å². The number of hydrogen-bond acceptors (Lipinski definition) is 3. The number of benzene rings is 1. The Kier molecular flexibility index (Phi) is 4.06. The molecule has 0 bridgehead atoms. The van der Waals surface area contributed by atoms with Gasteiger partial charge in [-0.25, -0.2) is 18.7 Å². The molecule has 0 amide bonds. The minimum atomic E-state index is -0.387. The summed E-state index contributed by atoms with van der Waals surface area (Å²) in [5.74, 6) is 0.00771. The van der Waals surface area contributed by atoms with Crippen LogP contribution in [0, 0.1) is 11.6 Å². The lowest BCUT2D eigenvalue weighted by Gasteiger charge is -2.32. The standard InChI is InChI=1S/C15H16F2N4/c16-13-2-3-14(17)12(10-13)11-20-6-8-21(9-7-20)15-18-4-1-5-19-15/h1-5,10H,6-9,11H2/p+1. The van der Waals surface area contributed by atoms with Crippen molar-refractivity contribution < 1.29 is 13.7 Å². The smallest absolute Gasteiger partial charge is 0.225 e. The summed E-state index contributed by atoms with van der Waals surface area (Å²) < 4.78 is 26.8. The molecule has 0 spiro atoms. The van der Waals surface area contributed by atoms with E-state index in [0.29, 0.717) is 12.1 Å². The minimum absolute atomic E-state index is 0.335. The van der Waals surface area contributed by atoms with Crippen molar-refractivity contribution in [3.8, 4) is 0 Å². The summed E-state index contributed by atoms with van der Waals surface area (Å²) in [5, 5.41) is 0. The van der Waals surface area contributed by atoms with Crippen LogP contribution >= 0.6 is 0 Å². The molecule has 1 aromatic carbocycles. The zero-order chi connectivity index (χ0) is 14.7. The highest BCUT2D eigenvalue weighted by Crippen LogP contribution is 2.09. The van der Waals surface area contributed by atoms with Gasteiger partial charge in [0, 0.05) is 18.0 Å². The third-order valence-electron chi connectivity index (χ3n) is 3.75. The van der Waals surface area contributed by atoms with E-state index in [1.165, 1.54) is 17.0 Å². The summed E-state index contributed by atoms with van der Waals surface area (Å²) in [6.07, 6.45) is 3.45. The molecule has 3 rings (SSSR count). The zero-order valence-electron chi connectivity index (χ0n) is 11.6. The normalized spacial score (nSPS) is 16.2. The van der Waals surface area contributed by atoms with Crippen molar-refractivity contribution in [2.24, 2.45) is 0 Å². The Balaban J connectivity index is 1.60. The maximum atomic E-state index is 13.7. The van der Waals surface area contributed by atoms with Crippen molar-refractivity contribution in [1.82, 2.24) is 9.97 Å². The van der Waals surface area contributed by atoms with Crippen LogP contribution in [0.1, 0.15) is 5.56 Å². The second kappa shape index (κ2) is 6.13. The second-order valence-corrected chi connectivity index (χ2v) is 5.20. The quantitative estimate of drug-likeness (QED) is 0.902. The highest BCUT2D eigenvalue weighted by Gasteiger charge is 2.22. The molecular formula is C15H17F2N4+. The van der Waals surface area contributed by atoms with E-state index in [0.717, 1.165) is 38.2 Å². The predicted octanol–water partition coefficient (Wildman–Crippen LogP) is 0.660. The Morgan fingerprint density at radius 3 is 2.52 bits per heavy atom. The highest BCUT2D eigenvalue weighted by atomic mass is 19.1. The molecule has 110 valence electrons. The summed E-state index contributed by atoms with van der Waals surface area (Å²) in [6.45, 7) is 3.85. The molecule has 21 heavy (non-hydrogen) atoms. The first-order valence-corrected chi connectivity index (χ1v) is 7.02. The molecule has 0 saturated carbocycles. The van der Waals surface area contributed by atoms with Gasteiger partial charge >= 0.3 is 0 Å². The van der Waals surface area contributed by atoms with Gasteiger partial charge < -0.3 is 9.80 Å². The summed E-state index contributed by atoms with van der Waals surface area (Å²) in [6, 6.07) is 5.42. The molecule has 1 aliphatic rings. The molecule has 1 fully saturated rings. The Morgan fingerprint density at radius 1 is 1.10 bits per heavy atom. The molecule has 1 N–H and O–H groups in total. The van der Waals surface area contributed by atoms with Gasteiger partial charge in [0.2, 0.25) is 5.95 Å². The number of piperazine rings is 1. The third-order valence-corrected chi connectivity index (χ3v) is 3.75. The van der Waals surface area contributed by atoms with Gasteiger partial charge in [0.15, 0.2) is 0 Å². The van der Waals surface area contributed by atoms with Gasteiger partial charge in [0.1, 0.15) is 18.2 Å². The van der Waals surface area contributed by atoms with Crippen molar-refractivity contribution in [2.75, 3.05) is 31.1 Å². The van der Waals surface area contributed by atoms with Gasteiger partial charge in [-0.15, -0.1) is 0 Å². The molecule has 0 atom stereocenters. The summed E-state index contributed by atoms with van der Waals surface area (Å²) in [4.78, 5) is 11.8. The van der Waals surface area contributed by atoms with Gasteiger partial charge in [-0.3, -0.25) is 0 Å². The lowest BCUT2D eigenvalue weighted by atomic mass is 10.2. The molecule has 1 saturated heterocycles. The number of nitrogens with one attached hydrogen (secondary N) is 1. The molecule has 0 radical (unpaired) electrons. The van der Waals surface area contributed by atoms with E-state index in [2.05, 4.69) is 14.9 Å². The van der Waals surface area contributed by atoms with Gasteiger partial charge in [-0.1, -0.05) is 0 Å². The number of aromatic nitrogens is 2. The van der Waals surface area contributed by atoms with Crippen molar-refractivity contribution in [1.29, 1.82) is 0 Å². The van der Waals surface area contributed by atoms with E-state index in [1.807, 2.05) is 0 Å². The van der Waals surface area contributed by atoms with Gasteiger partial charge in [-0.2, -0.15) is 0 Å². The highest BCUT2D eigenvalue weighted by molar-refractivity contribution is 5.28. The number of anilines is 1. The maximum Gasteiger partial charge on any atom is 0.225 e.